The predicted octanol–water partition coefficient (Wildman–Crippen LogP) is 4.17. The van der Waals surface area contributed by atoms with Crippen LogP contribution in [0.1, 0.15) is 52.9 Å². The van der Waals surface area contributed by atoms with Crippen molar-refractivity contribution in [2.24, 2.45) is 23.7 Å². The fourth-order valence-corrected chi connectivity index (χ4v) is 7.76. The normalized spacial score (nSPS) is 33.9. The molecule has 0 unspecified atom stereocenters. The summed E-state index contributed by atoms with van der Waals surface area (Å²) in [6.45, 7) is 8.62. The molecular weight excluding hydrogens is 536 g/mol. The summed E-state index contributed by atoms with van der Waals surface area (Å²) in [6.07, 6.45) is 10.6. The van der Waals surface area contributed by atoms with Gasteiger partial charge in [0, 0.05) is 29.7 Å². The van der Waals surface area contributed by atoms with Gasteiger partial charge >= 0.3 is 0 Å². The van der Waals surface area contributed by atoms with Crippen LogP contribution in [0.3, 0.4) is 0 Å². The van der Waals surface area contributed by atoms with Crippen molar-refractivity contribution in [1.82, 2.24) is 15.1 Å². The fourth-order valence-electron chi connectivity index (χ4n) is 7.30. The van der Waals surface area contributed by atoms with Crippen molar-refractivity contribution in [3.8, 4) is 0 Å². The monoisotopic (exact) mass is 582 g/mol. The molecule has 0 radical (unpaired) electrons. The van der Waals surface area contributed by atoms with Crippen LogP contribution in [-0.2, 0) is 19.1 Å². The largest absolute Gasteiger partial charge is 0.359 e. The Labute approximate surface area is 249 Å². The summed E-state index contributed by atoms with van der Waals surface area (Å²) in [5, 5.41) is 6.37. The van der Waals surface area contributed by atoms with Crippen molar-refractivity contribution in [2.45, 2.75) is 81.6 Å². The Balaban J connectivity index is 1.41. The van der Waals surface area contributed by atoms with Gasteiger partial charge in [0.05, 0.1) is 17.9 Å². The van der Waals surface area contributed by atoms with E-state index in [2.05, 4.69) is 43.4 Å². The lowest BCUT2D eigenvalue weighted by molar-refractivity contribution is -0.141. The van der Waals surface area contributed by atoms with E-state index in [1.807, 2.05) is 42.7 Å². The molecule has 3 heterocycles. The third kappa shape index (κ3) is 5.69. The number of hydrogen-bond donors (Lipinski definition) is 2. The van der Waals surface area contributed by atoms with E-state index in [0.717, 1.165) is 37.1 Å². The average Bonchev–Trinajstić information content (AvgIpc) is 3.60. The minimum Gasteiger partial charge on any atom is -0.359 e. The van der Waals surface area contributed by atoms with Gasteiger partial charge in [-0.25, -0.2) is 0 Å². The molecule has 3 aliphatic heterocycles. The van der Waals surface area contributed by atoms with Crippen molar-refractivity contribution in [3.63, 3.8) is 0 Å². The molecule has 4 aliphatic rings. The molecular formula is C32H46N4O4S. The molecule has 1 spiro atoms. The van der Waals surface area contributed by atoms with E-state index in [0.29, 0.717) is 30.6 Å². The molecule has 8 atom stereocenters. The number of ether oxygens (including phenoxy) is 1. The number of benzene rings is 1. The first-order chi connectivity index (χ1) is 19.7. The number of rotatable bonds is 11. The fraction of sp³-hybridized carbons (Fsp3) is 0.656. The molecule has 3 fully saturated rings. The van der Waals surface area contributed by atoms with Gasteiger partial charge < -0.3 is 25.2 Å². The Morgan fingerprint density at radius 2 is 2.00 bits per heavy atom. The lowest BCUT2D eigenvalue weighted by Gasteiger charge is -2.38. The molecule has 41 heavy (non-hydrogen) atoms. The molecule has 0 aromatic heterocycles. The topological polar surface area (TPSA) is 91.0 Å². The number of nitrogens with zero attached hydrogens (tertiary/aromatic N) is 2. The summed E-state index contributed by atoms with van der Waals surface area (Å²) in [6, 6.07) is 6.95. The number of hydrogen-bond acceptors (Lipinski definition) is 6. The summed E-state index contributed by atoms with van der Waals surface area (Å²) >= 11 is 1.60. The van der Waals surface area contributed by atoms with Crippen LogP contribution in [0.5, 0.6) is 0 Å². The van der Waals surface area contributed by atoms with E-state index in [4.69, 9.17) is 4.74 Å². The van der Waals surface area contributed by atoms with Gasteiger partial charge in [-0.05, 0) is 62.7 Å². The predicted molar refractivity (Wildman–Crippen MR) is 163 cm³/mol. The van der Waals surface area contributed by atoms with Crippen molar-refractivity contribution in [1.29, 1.82) is 0 Å². The molecule has 224 valence electrons. The minimum atomic E-state index is -1.14. The van der Waals surface area contributed by atoms with Gasteiger partial charge in [-0.15, -0.1) is 11.8 Å². The maximum Gasteiger partial charge on any atom is 0.246 e. The van der Waals surface area contributed by atoms with Crippen LogP contribution >= 0.6 is 11.8 Å². The van der Waals surface area contributed by atoms with Crippen molar-refractivity contribution < 1.29 is 19.1 Å². The first-order valence-corrected chi connectivity index (χ1v) is 16.5. The van der Waals surface area contributed by atoms with Crippen LogP contribution < -0.4 is 10.6 Å². The molecule has 2 N–H and O–H groups in total. The number of likely N-dealkylation sites (N-methyl/N-ethyl adjacent to an activating group) is 1. The van der Waals surface area contributed by atoms with E-state index in [-0.39, 0.29) is 23.8 Å². The maximum absolute atomic E-state index is 14.2. The molecule has 3 amide bonds. The van der Waals surface area contributed by atoms with Gasteiger partial charge in [0.15, 0.2) is 0 Å². The number of nitrogens with one attached hydrogen (secondary N) is 2. The number of unbranched alkanes of at least 4 members (excludes halogenated alkanes) is 1. The van der Waals surface area contributed by atoms with Crippen LogP contribution in [0.2, 0.25) is 0 Å². The Hall–Kier alpha value is -2.36. The number of anilines is 1. The molecule has 1 saturated carbocycles. The number of amides is 3. The molecule has 9 heteroatoms. The zero-order valence-electron chi connectivity index (χ0n) is 25.1. The summed E-state index contributed by atoms with van der Waals surface area (Å²) in [7, 11) is 2.05. The van der Waals surface area contributed by atoms with Crippen LogP contribution in [0.15, 0.2) is 41.3 Å². The van der Waals surface area contributed by atoms with E-state index in [1.54, 1.807) is 16.7 Å². The summed E-state index contributed by atoms with van der Waals surface area (Å²) in [5.41, 5.74) is -0.447. The third-order valence-electron chi connectivity index (χ3n) is 9.91. The molecule has 2 saturated heterocycles. The number of thioether (sulfide) groups is 1. The Bertz CT molecular complexity index is 1180. The molecule has 1 aromatic rings. The van der Waals surface area contributed by atoms with Crippen molar-refractivity contribution >= 4 is 35.2 Å². The summed E-state index contributed by atoms with van der Waals surface area (Å²) < 4.78 is 6.53. The van der Waals surface area contributed by atoms with Crippen LogP contribution in [0.25, 0.3) is 0 Å². The highest BCUT2D eigenvalue weighted by Crippen LogP contribution is 2.55. The molecule has 2 bridgehead atoms. The Kier molecular flexibility index (Phi) is 9.16. The number of carbonyl (C=O) groups is 3. The van der Waals surface area contributed by atoms with Gasteiger partial charge in [-0.3, -0.25) is 14.4 Å². The molecule has 1 aliphatic carbocycles. The van der Waals surface area contributed by atoms with Crippen LogP contribution in [0, 0.1) is 23.7 Å². The van der Waals surface area contributed by atoms with Gasteiger partial charge in [0.2, 0.25) is 17.7 Å². The highest BCUT2D eigenvalue weighted by molar-refractivity contribution is 7.98. The zero-order valence-corrected chi connectivity index (χ0v) is 25.9. The van der Waals surface area contributed by atoms with Crippen LogP contribution in [0.4, 0.5) is 5.69 Å². The smallest absolute Gasteiger partial charge is 0.246 e. The van der Waals surface area contributed by atoms with Crippen molar-refractivity contribution in [2.75, 3.05) is 38.3 Å². The standard InChI is InChI=1S/C32H46N4O4S/c1-6-7-16-35(4)17-18-36-28(30(38)34-24-13-8-10-20(2)21(24)3)32-15-14-25(40-32)26(27(32)31(36)39)29(37)33-22-11-9-12-23(19-22)41-5/h9,11-12,14-15,19-21,24-28H,6-8,10,13,16-18H2,1-5H3,(H,33,37)(H,34,38)/t20-,21+,24+,25+,26+,27+,28-,32-/m0/s1. The molecule has 8 nitrogen and oxygen atoms in total. The highest BCUT2D eigenvalue weighted by atomic mass is 32.2. The van der Waals surface area contributed by atoms with Gasteiger partial charge in [0.1, 0.15) is 11.6 Å². The highest BCUT2D eigenvalue weighted by Gasteiger charge is 2.72. The maximum atomic E-state index is 14.2. The average molecular weight is 583 g/mol. The van der Waals surface area contributed by atoms with E-state index in [1.165, 1.54) is 6.42 Å². The second kappa shape index (κ2) is 12.5. The van der Waals surface area contributed by atoms with Crippen molar-refractivity contribution in [3.05, 3.63) is 36.4 Å². The zero-order chi connectivity index (χ0) is 29.3. The summed E-state index contributed by atoms with van der Waals surface area (Å²) in [4.78, 5) is 47.1. The second-order valence-electron chi connectivity index (χ2n) is 12.5. The first kappa shape index (κ1) is 30.1. The van der Waals surface area contributed by atoms with Crippen LogP contribution in [-0.4, -0.2) is 84.2 Å². The Morgan fingerprint density at radius 1 is 1.20 bits per heavy atom. The minimum absolute atomic E-state index is 0.0660. The van der Waals surface area contributed by atoms with E-state index in [9.17, 15) is 14.4 Å². The van der Waals surface area contributed by atoms with Gasteiger partial charge in [-0.2, -0.15) is 0 Å². The van der Waals surface area contributed by atoms with Gasteiger partial charge in [0.25, 0.3) is 0 Å². The molecule has 1 aromatic carbocycles. The van der Waals surface area contributed by atoms with Gasteiger partial charge in [-0.1, -0.05) is 58.3 Å². The quantitative estimate of drug-likeness (QED) is 0.301. The number of fused-ring (bicyclic) bond motifs is 1. The number of likely N-dealkylation sites (tertiary alicyclic amines) is 1. The summed E-state index contributed by atoms with van der Waals surface area (Å²) in [5.74, 6) is -1.11. The van der Waals surface area contributed by atoms with E-state index < -0.39 is 29.6 Å². The second-order valence-corrected chi connectivity index (χ2v) is 13.4. The molecule has 5 rings (SSSR count). The SMILES string of the molecule is CCCCN(C)CCN1C(=O)[C@H]2[C@H](C(=O)Nc3cccc(SC)c3)[C@H]3C=C[C@@]2(O3)[C@@H]1C(=O)N[C@@H]1CCC[C@H](C)[C@H]1C. The van der Waals surface area contributed by atoms with E-state index >= 15 is 0 Å². The third-order valence-corrected chi connectivity index (χ3v) is 10.6. The lowest BCUT2D eigenvalue weighted by Crippen LogP contribution is -2.58. The number of carbonyl (C=O) groups excluding carboxylic acids is 3. The first-order valence-electron chi connectivity index (χ1n) is 15.3. The lowest BCUT2D eigenvalue weighted by atomic mass is 9.73. The Morgan fingerprint density at radius 3 is 2.76 bits per heavy atom.